The molecular weight excluding hydrogens is 226 g/mol. The molecule has 4 heteroatoms. The minimum atomic E-state index is -0.219. The van der Waals surface area contributed by atoms with Gasteiger partial charge in [0, 0.05) is 25.5 Å². The number of carbonyl (C=O) groups excluding carboxylic acids is 1. The average Bonchev–Trinajstić information content (AvgIpc) is 2.30. The molecular formula is C12H22ClNO2. The predicted molar refractivity (Wildman–Crippen MR) is 65.8 cm³/mol. The molecule has 1 saturated heterocycles. The summed E-state index contributed by atoms with van der Waals surface area (Å²) in [4.78, 5) is 11.7. The van der Waals surface area contributed by atoms with Crippen molar-refractivity contribution in [1.82, 2.24) is 5.32 Å². The number of amides is 1. The number of halogens is 1. The van der Waals surface area contributed by atoms with Gasteiger partial charge in [0.2, 0.25) is 5.91 Å². The van der Waals surface area contributed by atoms with E-state index in [0.29, 0.717) is 25.5 Å². The van der Waals surface area contributed by atoms with Gasteiger partial charge in [-0.15, -0.1) is 11.6 Å². The molecule has 0 spiro atoms. The zero-order valence-electron chi connectivity index (χ0n) is 10.1. The maximum Gasteiger partial charge on any atom is 0.220 e. The van der Waals surface area contributed by atoms with Gasteiger partial charge in [0.25, 0.3) is 0 Å². The fourth-order valence-corrected chi connectivity index (χ4v) is 2.28. The fourth-order valence-electron chi connectivity index (χ4n) is 1.95. The zero-order chi connectivity index (χ0) is 11.9. The van der Waals surface area contributed by atoms with Crippen molar-refractivity contribution >= 4 is 17.5 Å². The SMILES string of the molecule is CCCCCC(=O)NC1(CCl)CCOCC1. The van der Waals surface area contributed by atoms with Crippen LogP contribution in [0.2, 0.25) is 0 Å². The molecule has 0 aliphatic carbocycles. The van der Waals surface area contributed by atoms with Crippen LogP contribution in [0.4, 0.5) is 0 Å². The molecule has 0 unspecified atom stereocenters. The van der Waals surface area contributed by atoms with Crippen LogP contribution < -0.4 is 5.32 Å². The van der Waals surface area contributed by atoms with Crippen LogP contribution in [0.25, 0.3) is 0 Å². The first-order valence-electron chi connectivity index (χ1n) is 6.17. The van der Waals surface area contributed by atoms with E-state index in [1.807, 2.05) is 0 Å². The summed E-state index contributed by atoms with van der Waals surface area (Å²) in [7, 11) is 0. The fraction of sp³-hybridized carbons (Fsp3) is 0.917. The van der Waals surface area contributed by atoms with Crippen molar-refractivity contribution in [3.63, 3.8) is 0 Å². The summed E-state index contributed by atoms with van der Waals surface area (Å²) in [5.41, 5.74) is -0.219. The Labute approximate surface area is 103 Å². The molecule has 0 aromatic rings. The van der Waals surface area contributed by atoms with E-state index in [9.17, 15) is 4.79 Å². The van der Waals surface area contributed by atoms with Gasteiger partial charge in [-0.25, -0.2) is 0 Å². The molecule has 0 radical (unpaired) electrons. The molecule has 1 amide bonds. The molecule has 0 aromatic carbocycles. The van der Waals surface area contributed by atoms with Gasteiger partial charge in [-0.3, -0.25) is 4.79 Å². The van der Waals surface area contributed by atoms with Crippen LogP contribution in [0, 0.1) is 0 Å². The lowest BCUT2D eigenvalue weighted by Crippen LogP contribution is -2.53. The summed E-state index contributed by atoms with van der Waals surface area (Å²) in [6, 6.07) is 0. The van der Waals surface area contributed by atoms with Gasteiger partial charge in [-0.1, -0.05) is 19.8 Å². The van der Waals surface area contributed by atoms with Crippen molar-refractivity contribution in [2.45, 2.75) is 51.0 Å². The minimum Gasteiger partial charge on any atom is -0.381 e. The number of rotatable bonds is 6. The molecule has 16 heavy (non-hydrogen) atoms. The lowest BCUT2D eigenvalue weighted by molar-refractivity contribution is -0.124. The second-order valence-corrected chi connectivity index (χ2v) is 4.80. The Balaban J connectivity index is 2.33. The summed E-state index contributed by atoms with van der Waals surface area (Å²) in [5.74, 6) is 0.617. The average molecular weight is 248 g/mol. The smallest absolute Gasteiger partial charge is 0.220 e. The molecule has 1 rings (SSSR count). The predicted octanol–water partition coefficient (Wildman–Crippen LogP) is 2.47. The Morgan fingerprint density at radius 2 is 2.06 bits per heavy atom. The van der Waals surface area contributed by atoms with Gasteiger partial charge >= 0.3 is 0 Å². The van der Waals surface area contributed by atoms with E-state index in [1.165, 1.54) is 0 Å². The molecule has 3 nitrogen and oxygen atoms in total. The van der Waals surface area contributed by atoms with Crippen LogP contribution in [0.3, 0.4) is 0 Å². The third kappa shape index (κ3) is 4.30. The zero-order valence-corrected chi connectivity index (χ0v) is 10.8. The minimum absolute atomic E-state index is 0.135. The van der Waals surface area contributed by atoms with Crippen molar-refractivity contribution in [2.24, 2.45) is 0 Å². The molecule has 0 saturated carbocycles. The van der Waals surface area contributed by atoms with Crippen molar-refractivity contribution in [3.8, 4) is 0 Å². The number of hydrogen-bond acceptors (Lipinski definition) is 2. The molecule has 1 aliphatic heterocycles. The highest BCUT2D eigenvalue weighted by molar-refractivity contribution is 6.18. The van der Waals surface area contributed by atoms with Gasteiger partial charge in [0.05, 0.1) is 5.54 Å². The Morgan fingerprint density at radius 3 is 2.62 bits per heavy atom. The lowest BCUT2D eigenvalue weighted by Gasteiger charge is -2.36. The summed E-state index contributed by atoms with van der Waals surface area (Å²) in [5, 5.41) is 3.09. The van der Waals surface area contributed by atoms with Gasteiger partial charge in [-0.2, -0.15) is 0 Å². The van der Waals surface area contributed by atoms with Gasteiger partial charge in [-0.05, 0) is 19.3 Å². The maximum atomic E-state index is 11.7. The largest absolute Gasteiger partial charge is 0.381 e. The van der Waals surface area contributed by atoms with Crippen LogP contribution in [0.15, 0.2) is 0 Å². The first-order valence-corrected chi connectivity index (χ1v) is 6.70. The third-order valence-electron chi connectivity index (χ3n) is 3.12. The second kappa shape index (κ2) is 7.13. The number of carbonyl (C=O) groups is 1. The van der Waals surface area contributed by atoms with E-state index in [1.54, 1.807) is 0 Å². The highest BCUT2D eigenvalue weighted by Crippen LogP contribution is 2.22. The van der Waals surface area contributed by atoms with Crippen LogP contribution in [0.5, 0.6) is 0 Å². The Morgan fingerprint density at radius 1 is 1.38 bits per heavy atom. The van der Waals surface area contributed by atoms with Crippen LogP contribution in [-0.4, -0.2) is 30.5 Å². The highest BCUT2D eigenvalue weighted by atomic mass is 35.5. The maximum absolute atomic E-state index is 11.7. The van der Waals surface area contributed by atoms with Gasteiger partial charge in [0.15, 0.2) is 0 Å². The molecule has 0 aromatic heterocycles. The molecule has 0 bridgehead atoms. The van der Waals surface area contributed by atoms with Crippen LogP contribution in [0.1, 0.15) is 45.4 Å². The van der Waals surface area contributed by atoms with E-state index in [2.05, 4.69) is 12.2 Å². The number of hydrogen-bond donors (Lipinski definition) is 1. The number of unbranched alkanes of at least 4 members (excludes halogenated alkanes) is 2. The van der Waals surface area contributed by atoms with E-state index in [-0.39, 0.29) is 11.4 Å². The Bertz CT molecular complexity index is 215. The first-order chi connectivity index (χ1) is 7.72. The number of alkyl halides is 1. The summed E-state index contributed by atoms with van der Waals surface area (Å²) in [6.45, 7) is 3.53. The van der Waals surface area contributed by atoms with Crippen LogP contribution in [-0.2, 0) is 9.53 Å². The standard InChI is InChI=1S/C12H22ClNO2/c1-2-3-4-5-11(15)14-12(10-13)6-8-16-9-7-12/h2-10H2,1H3,(H,14,15). The van der Waals surface area contributed by atoms with E-state index >= 15 is 0 Å². The van der Waals surface area contributed by atoms with Crippen LogP contribution >= 0.6 is 11.6 Å². The van der Waals surface area contributed by atoms with Crippen molar-refractivity contribution < 1.29 is 9.53 Å². The molecule has 1 fully saturated rings. The van der Waals surface area contributed by atoms with E-state index in [4.69, 9.17) is 16.3 Å². The third-order valence-corrected chi connectivity index (χ3v) is 3.63. The second-order valence-electron chi connectivity index (χ2n) is 4.53. The number of ether oxygens (including phenoxy) is 1. The highest BCUT2D eigenvalue weighted by Gasteiger charge is 2.32. The van der Waals surface area contributed by atoms with Crippen molar-refractivity contribution in [2.75, 3.05) is 19.1 Å². The van der Waals surface area contributed by atoms with E-state index in [0.717, 1.165) is 32.1 Å². The summed E-state index contributed by atoms with van der Waals surface area (Å²) in [6.07, 6.45) is 5.50. The monoisotopic (exact) mass is 247 g/mol. The molecule has 94 valence electrons. The Hall–Kier alpha value is -0.280. The lowest BCUT2D eigenvalue weighted by atomic mass is 9.92. The van der Waals surface area contributed by atoms with E-state index < -0.39 is 0 Å². The first kappa shape index (κ1) is 13.8. The number of nitrogens with one attached hydrogen (secondary N) is 1. The molecule has 1 N–H and O–H groups in total. The molecule has 1 heterocycles. The van der Waals surface area contributed by atoms with Crippen molar-refractivity contribution in [3.05, 3.63) is 0 Å². The Kier molecular flexibility index (Phi) is 6.14. The molecule has 1 aliphatic rings. The quantitative estimate of drug-likeness (QED) is 0.579. The van der Waals surface area contributed by atoms with Gasteiger partial charge in [0.1, 0.15) is 0 Å². The summed E-state index contributed by atoms with van der Waals surface area (Å²) < 4.78 is 5.30. The summed E-state index contributed by atoms with van der Waals surface area (Å²) >= 11 is 5.97. The van der Waals surface area contributed by atoms with Gasteiger partial charge < -0.3 is 10.1 Å². The molecule has 0 atom stereocenters. The topological polar surface area (TPSA) is 38.3 Å². The van der Waals surface area contributed by atoms with Crippen molar-refractivity contribution in [1.29, 1.82) is 0 Å². The normalized spacial score (nSPS) is 19.4.